The first-order chi connectivity index (χ1) is 8.91. The number of hydrogen-bond acceptors (Lipinski definition) is 2. The maximum atomic E-state index is 14.0. The van der Waals surface area contributed by atoms with Gasteiger partial charge >= 0.3 is 5.92 Å². The molecule has 3 nitrogen and oxygen atoms in total. The number of rotatable bonds is 6. The molecule has 1 rings (SSSR count). The molecule has 6 heteroatoms. The van der Waals surface area contributed by atoms with E-state index in [0.717, 1.165) is 0 Å². The Labute approximate surface area is 124 Å². The molecule has 0 heterocycles. The van der Waals surface area contributed by atoms with Crippen molar-refractivity contribution < 1.29 is 13.6 Å². The number of alkyl halides is 2. The van der Waals surface area contributed by atoms with Crippen LogP contribution in [0.15, 0.2) is 30.3 Å². The summed E-state index contributed by atoms with van der Waals surface area (Å²) in [4.78, 5) is 11.8. The standard InChI is InChI=1S/C14H20F2N2O.ClH/c1-3-13(4-2,10-17)18-12(19)14(15,16)11-8-6-5-7-9-11;/h5-9H,3-4,10,17H2,1-2H3,(H,18,19);1H. The third-order valence-electron chi connectivity index (χ3n) is 3.54. The van der Waals surface area contributed by atoms with E-state index in [-0.39, 0.29) is 24.5 Å². The molecule has 0 spiro atoms. The fourth-order valence-corrected chi connectivity index (χ4v) is 1.86. The molecule has 0 saturated heterocycles. The van der Waals surface area contributed by atoms with Crippen LogP contribution in [0.25, 0.3) is 0 Å². The van der Waals surface area contributed by atoms with E-state index >= 15 is 0 Å². The minimum Gasteiger partial charge on any atom is -0.344 e. The van der Waals surface area contributed by atoms with Crippen molar-refractivity contribution in [3.05, 3.63) is 35.9 Å². The maximum Gasteiger partial charge on any atom is 0.349 e. The number of halogens is 3. The molecule has 0 unspecified atom stereocenters. The third kappa shape index (κ3) is 3.90. The molecule has 0 atom stereocenters. The molecule has 0 aliphatic heterocycles. The van der Waals surface area contributed by atoms with E-state index in [0.29, 0.717) is 12.8 Å². The van der Waals surface area contributed by atoms with Crippen molar-refractivity contribution in [1.82, 2.24) is 5.32 Å². The molecule has 0 bridgehead atoms. The first kappa shape index (κ1) is 18.8. The molecule has 20 heavy (non-hydrogen) atoms. The predicted octanol–water partition coefficient (Wildman–Crippen LogP) is 2.83. The van der Waals surface area contributed by atoms with E-state index in [9.17, 15) is 13.6 Å². The summed E-state index contributed by atoms with van der Waals surface area (Å²) in [5.74, 6) is -4.85. The van der Waals surface area contributed by atoms with Crippen molar-refractivity contribution in [3.63, 3.8) is 0 Å². The van der Waals surface area contributed by atoms with E-state index in [1.54, 1.807) is 6.07 Å². The lowest BCUT2D eigenvalue weighted by atomic mass is 9.92. The molecule has 114 valence electrons. The topological polar surface area (TPSA) is 55.1 Å². The average Bonchev–Trinajstić information content (AvgIpc) is 2.45. The quantitative estimate of drug-likeness (QED) is 0.849. The molecule has 1 aromatic carbocycles. The van der Waals surface area contributed by atoms with Gasteiger partial charge < -0.3 is 11.1 Å². The Morgan fingerprint density at radius 1 is 1.20 bits per heavy atom. The fourth-order valence-electron chi connectivity index (χ4n) is 1.86. The van der Waals surface area contributed by atoms with Gasteiger partial charge in [0.15, 0.2) is 0 Å². The smallest absolute Gasteiger partial charge is 0.344 e. The summed E-state index contributed by atoms with van der Waals surface area (Å²) in [6, 6.07) is 7.06. The van der Waals surface area contributed by atoms with Gasteiger partial charge in [-0.2, -0.15) is 8.78 Å². The fraction of sp³-hybridized carbons (Fsp3) is 0.500. The molecular weight excluding hydrogens is 286 g/mol. The SMILES string of the molecule is CCC(CC)(CN)NC(=O)C(F)(F)c1ccccc1.Cl. The molecule has 0 radical (unpaired) electrons. The highest BCUT2D eigenvalue weighted by Gasteiger charge is 2.43. The summed E-state index contributed by atoms with van der Waals surface area (Å²) < 4.78 is 28.1. The lowest BCUT2D eigenvalue weighted by Crippen LogP contribution is -2.56. The monoisotopic (exact) mass is 306 g/mol. The third-order valence-corrected chi connectivity index (χ3v) is 3.54. The normalized spacial score (nSPS) is 11.7. The van der Waals surface area contributed by atoms with Gasteiger partial charge in [0.25, 0.3) is 5.91 Å². The Bertz CT molecular complexity index is 414. The van der Waals surface area contributed by atoms with Gasteiger partial charge in [0.2, 0.25) is 0 Å². The number of hydrogen-bond donors (Lipinski definition) is 2. The van der Waals surface area contributed by atoms with Crippen molar-refractivity contribution in [2.75, 3.05) is 6.54 Å². The summed E-state index contributed by atoms with van der Waals surface area (Å²) in [5, 5.41) is 2.40. The Hall–Kier alpha value is -1.20. The summed E-state index contributed by atoms with van der Waals surface area (Å²) in [6.45, 7) is 3.77. The summed E-state index contributed by atoms with van der Waals surface area (Å²) in [5.41, 5.74) is 4.52. The van der Waals surface area contributed by atoms with Crippen LogP contribution in [0.1, 0.15) is 32.3 Å². The second-order valence-corrected chi connectivity index (χ2v) is 4.59. The Balaban J connectivity index is 0.00000361. The molecule has 0 fully saturated rings. The van der Waals surface area contributed by atoms with Crippen molar-refractivity contribution in [1.29, 1.82) is 0 Å². The highest BCUT2D eigenvalue weighted by Crippen LogP contribution is 2.29. The van der Waals surface area contributed by atoms with Crippen LogP contribution in [0.4, 0.5) is 8.78 Å². The molecule has 0 aromatic heterocycles. The Morgan fingerprint density at radius 3 is 2.10 bits per heavy atom. The molecule has 3 N–H and O–H groups in total. The van der Waals surface area contributed by atoms with E-state index in [1.165, 1.54) is 24.3 Å². The van der Waals surface area contributed by atoms with Gasteiger partial charge in [-0.25, -0.2) is 0 Å². The van der Waals surface area contributed by atoms with E-state index in [4.69, 9.17) is 5.73 Å². The second-order valence-electron chi connectivity index (χ2n) is 4.59. The largest absolute Gasteiger partial charge is 0.349 e. The van der Waals surface area contributed by atoms with E-state index in [2.05, 4.69) is 5.32 Å². The number of nitrogens with one attached hydrogen (secondary N) is 1. The number of carbonyl (C=O) groups excluding carboxylic acids is 1. The number of benzene rings is 1. The number of amides is 1. The second kappa shape index (κ2) is 7.55. The highest BCUT2D eigenvalue weighted by atomic mass is 35.5. The van der Waals surface area contributed by atoms with Crippen LogP contribution in [0.3, 0.4) is 0 Å². The van der Waals surface area contributed by atoms with Crippen molar-refractivity contribution >= 4 is 18.3 Å². The van der Waals surface area contributed by atoms with Gasteiger partial charge in [0.05, 0.1) is 5.54 Å². The Kier molecular flexibility index (Phi) is 7.09. The summed E-state index contributed by atoms with van der Waals surface area (Å²) >= 11 is 0. The van der Waals surface area contributed by atoms with E-state index < -0.39 is 17.4 Å². The number of nitrogens with two attached hydrogens (primary N) is 1. The summed E-state index contributed by atoms with van der Waals surface area (Å²) in [7, 11) is 0. The average molecular weight is 307 g/mol. The zero-order valence-corrected chi connectivity index (χ0v) is 12.5. The molecular formula is C14H21ClF2N2O. The summed E-state index contributed by atoms with van der Waals surface area (Å²) in [6.07, 6.45) is 1.02. The number of carbonyl (C=O) groups is 1. The lowest BCUT2D eigenvalue weighted by Gasteiger charge is -2.33. The predicted molar refractivity (Wildman–Crippen MR) is 78.1 cm³/mol. The maximum absolute atomic E-state index is 14.0. The molecule has 1 amide bonds. The van der Waals surface area contributed by atoms with Crippen LogP contribution in [-0.4, -0.2) is 18.0 Å². The van der Waals surface area contributed by atoms with Gasteiger partial charge in [-0.1, -0.05) is 44.2 Å². The van der Waals surface area contributed by atoms with E-state index in [1.807, 2.05) is 13.8 Å². The minimum atomic E-state index is -3.55. The minimum absolute atomic E-state index is 0. The van der Waals surface area contributed by atoms with Crippen LogP contribution >= 0.6 is 12.4 Å². The van der Waals surface area contributed by atoms with Crippen molar-refractivity contribution in [3.8, 4) is 0 Å². The van der Waals surface area contributed by atoms with Gasteiger partial charge in [0.1, 0.15) is 0 Å². The van der Waals surface area contributed by atoms with Crippen molar-refractivity contribution in [2.24, 2.45) is 5.73 Å². The van der Waals surface area contributed by atoms with Gasteiger partial charge in [0, 0.05) is 12.1 Å². The van der Waals surface area contributed by atoms with Crippen molar-refractivity contribution in [2.45, 2.75) is 38.2 Å². The van der Waals surface area contributed by atoms with Gasteiger partial charge in [-0.05, 0) is 12.8 Å². The van der Waals surface area contributed by atoms with Crippen LogP contribution in [0.2, 0.25) is 0 Å². The molecule has 1 aromatic rings. The van der Waals surface area contributed by atoms with Crippen LogP contribution in [0, 0.1) is 0 Å². The van der Waals surface area contributed by atoms with Crippen LogP contribution < -0.4 is 11.1 Å². The first-order valence-electron chi connectivity index (χ1n) is 6.38. The lowest BCUT2D eigenvalue weighted by molar-refractivity contribution is -0.149. The molecule has 0 aliphatic carbocycles. The van der Waals surface area contributed by atoms with Gasteiger partial charge in [-0.3, -0.25) is 4.79 Å². The zero-order valence-electron chi connectivity index (χ0n) is 11.7. The zero-order chi connectivity index (χ0) is 14.5. The van der Waals surface area contributed by atoms with Crippen LogP contribution in [-0.2, 0) is 10.7 Å². The Morgan fingerprint density at radius 2 is 1.70 bits per heavy atom. The first-order valence-corrected chi connectivity index (χ1v) is 6.38. The highest BCUT2D eigenvalue weighted by molar-refractivity contribution is 5.85. The molecule has 0 aliphatic rings. The van der Waals surface area contributed by atoms with Gasteiger partial charge in [-0.15, -0.1) is 12.4 Å². The van der Waals surface area contributed by atoms with Crippen LogP contribution in [0.5, 0.6) is 0 Å². The molecule has 0 saturated carbocycles.